The number of rotatable bonds is 7. The highest BCUT2D eigenvalue weighted by Crippen LogP contribution is 2.46. The van der Waals surface area contributed by atoms with Crippen molar-refractivity contribution in [2.75, 3.05) is 13.2 Å². The van der Waals surface area contributed by atoms with Crippen LogP contribution >= 0.6 is 46.4 Å². The number of amides is 2. The molecule has 2 aliphatic rings. The van der Waals surface area contributed by atoms with Gasteiger partial charge in [-0.2, -0.15) is 0 Å². The minimum Gasteiger partial charge on any atom is -0.394 e. The molecule has 3 N–H and O–H groups in total. The van der Waals surface area contributed by atoms with Gasteiger partial charge in [0.05, 0.1) is 37.8 Å². The van der Waals surface area contributed by atoms with Crippen molar-refractivity contribution in [2.24, 2.45) is 0 Å². The predicted molar refractivity (Wildman–Crippen MR) is 114 cm³/mol. The van der Waals surface area contributed by atoms with Crippen molar-refractivity contribution in [1.29, 1.82) is 0 Å². The van der Waals surface area contributed by atoms with E-state index in [1.165, 1.54) is 0 Å². The number of benzene rings is 1. The minimum atomic E-state index is -1.67. The summed E-state index contributed by atoms with van der Waals surface area (Å²) in [5.41, 5.74) is -0.524. The largest absolute Gasteiger partial charge is 0.394 e. The molecule has 0 spiro atoms. The molecule has 1 aromatic carbocycles. The Morgan fingerprint density at radius 2 is 1.48 bits per heavy atom. The molecule has 3 rings (SSSR count). The molecule has 2 aliphatic heterocycles. The van der Waals surface area contributed by atoms with Crippen molar-refractivity contribution in [2.45, 2.75) is 56.8 Å². The molecule has 2 heterocycles. The van der Waals surface area contributed by atoms with Gasteiger partial charge in [-0.05, 0) is 6.42 Å². The second kappa shape index (κ2) is 10.1. The van der Waals surface area contributed by atoms with Crippen LogP contribution in [0.1, 0.15) is 46.9 Å². The van der Waals surface area contributed by atoms with Gasteiger partial charge >= 0.3 is 0 Å². The summed E-state index contributed by atoms with van der Waals surface area (Å²) in [5.74, 6) is -1.79. The van der Waals surface area contributed by atoms with Crippen LogP contribution in [0.4, 0.5) is 0 Å². The Labute approximate surface area is 198 Å². The number of unbranched alkanes of at least 4 members (excludes halogenated alkanes) is 2. The summed E-state index contributed by atoms with van der Waals surface area (Å²) in [6, 6.07) is -1.43. The van der Waals surface area contributed by atoms with E-state index in [2.05, 4.69) is 0 Å². The number of hydrogen-bond donors (Lipinski definition) is 3. The Morgan fingerprint density at radius 1 is 0.935 bits per heavy atom. The maximum absolute atomic E-state index is 13.2. The van der Waals surface area contributed by atoms with E-state index in [9.17, 15) is 24.9 Å². The fourth-order valence-corrected chi connectivity index (χ4v) is 4.68. The number of carbonyl (C=O) groups excluding carboxylic acids is 2. The predicted octanol–water partition coefficient (Wildman–Crippen LogP) is 2.91. The summed E-state index contributed by atoms with van der Waals surface area (Å²) in [7, 11) is 0. The van der Waals surface area contributed by atoms with E-state index >= 15 is 0 Å². The standard InChI is InChI=1S/C19H21Cl4NO7/c1-2-3-4-5-30-19-14(16(27)15(26)7(6-25)31-19)24-17(28)8-9(18(24)29)11(21)13(23)12(22)10(8)20/h7,14-16,19,25-27H,2-6H2,1H3/t7-,14-,15-,16-,19-/m1/s1. The Kier molecular flexibility index (Phi) is 8.11. The molecule has 0 saturated carbocycles. The van der Waals surface area contributed by atoms with Crippen molar-refractivity contribution in [3.8, 4) is 0 Å². The van der Waals surface area contributed by atoms with E-state index in [0.29, 0.717) is 11.3 Å². The van der Waals surface area contributed by atoms with Crippen molar-refractivity contribution >= 4 is 58.2 Å². The van der Waals surface area contributed by atoms with Crippen molar-refractivity contribution in [1.82, 2.24) is 4.90 Å². The van der Waals surface area contributed by atoms with Crippen LogP contribution in [-0.2, 0) is 9.47 Å². The Balaban J connectivity index is 2.01. The molecule has 0 aliphatic carbocycles. The van der Waals surface area contributed by atoms with Gasteiger partial charge in [-0.15, -0.1) is 0 Å². The number of imide groups is 1. The number of hydrogen-bond acceptors (Lipinski definition) is 7. The number of aliphatic hydroxyl groups is 3. The van der Waals surface area contributed by atoms with Crippen LogP contribution in [0.25, 0.3) is 0 Å². The normalized spacial score (nSPS) is 28.4. The molecule has 5 atom stereocenters. The molecule has 1 saturated heterocycles. The number of nitrogens with zero attached hydrogens (tertiary/aromatic N) is 1. The fraction of sp³-hybridized carbons (Fsp3) is 0.579. The molecule has 1 fully saturated rings. The lowest BCUT2D eigenvalue weighted by Gasteiger charge is -2.44. The molecule has 0 aromatic heterocycles. The third-order valence-corrected chi connectivity index (χ3v) is 7.11. The van der Waals surface area contributed by atoms with Crippen LogP contribution < -0.4 is 0 Å². The number of ether oxygens (including phenoxy) is 2. The summed E-state index contributed by atoms with van der Waals surface area (Å²) in [4.78, 5) is 27.0. The average Bonchev–Trinajstić information content (AvgIpc) is 3.01. The molecule has 0 unspecified atom stereocenters. The summed E-state index contributed by atoms with van der Waals surface area (Å²) in [6.07, 6.45) is -3.29. The first-order chi connectivity index (χ1) is 14.7. The monoisotopic (exact) mass is 515 g/mol. The molecule has 172 valence electrons. The van der Waals surface area contributed by atoms with Crippen LogP contribution in [-0.4, -0.2) is 75.9 Å². The number of fused-ring (bicyclic) bond motifs is 1. The molecule has 12 heteroatoms. The van der Waals surface area contributed by atoms with Crippen LogP contribution in [0.15, 0.2) is 0 Å². The quantitative estimate of drug-likeness (QED) is 0.221. The fourth-order valence-electron chi connectivity index (χ4n) is 3.67. The number of halogens is 4. The van der Waals surface area contributed by atoms with E-state index in [1.807, 2.05) is 6.92 Å². The van der Waals surface area contributed by atoms with E-state index in [4.69, 9.17) is 55.9 Å². The lowest BCUT2D eigenvalue weighted by molar-refractivity contribution is -0.279. The van der Waals surface area contributed by atoms with Crippen LogP contribution in [0.5, 0.6) is 0 Å². The van der Waals surface area contributed by atoms with Gasteiger partial charge in [-0.3, -0.25) is 14.5 Å². The maximum atomic E-state index is 13.2. The van der Waals surface area contributed by atoms with Gasteiger partial charge in [-0.1, -0.05) is 66.2 Å². The summed E-state index contributed by atoms with van der Waals surface area (Å²) in [6.45, 7) is 1.60. The maximum Gasteiger partial charge on any atom is 0.263 e. The number of aliphatic hydroxyl groups excluding tert-OH is 3. The molecule has 0 radical (unpaired) electrons. The molecule has 8 nitrogen and oxygen atoms in total. The molecule has 1 aromatic rings. The third-order valence-electron chi connectivity index (χ3n) is 5.31. The van der Waals surface area contributed by atoms with E-state index < -0.39 is 49.1 Å². The lowest BCUT2D eigenvalue weighted by Crippen LogP contribution is -2.65. The van der Waals surface area contributed by atoms with Gasteiger partial charge in [0.2, 0.25) is 0 Å². The van der Waals surface area contributed by atoms with Gasteiger partial charge in [0.1, 0.15) is 24.4 Å². The number of carbonyl (C=O) groups is 2. The van der Waals surface area contributed by atoms with Crippen LogP contribution in [0.3, 0.4) is 0 Å². The van der Waals surface area contributed by atoms with E-state index in [0.717, 1.165) is 12.8 Å². The van der Waals surface area contributed by atoms with Crippen LogP contribution in [0, 0.1) is 0 Å². The molecular formula is C19H21Cl4NO7. The Morgan fingerprint density at radius 3 is 1.97 bits per heavy atom. The Bertz CT molecular complexity index is 837. The van der Waals surface area contributed by atoms with Gasteiger partial charge < -0.3 is 24.8 Å². The first-order valence-corrected chi connectivity index (χ1v) is 11.2. The zero-order valence-corrected chi connectivity index (χ0v) is 19.4. The third kappa shape index (κ3) is 4.30. The second-order valence-corrected chi connectivity index (χ2v) is 8.77. The van der Waals surface area contributed by atoms with Gasteiger partial charge in [0, 0.05) is 6.61 Å². The molecule has 0 bridgehead atoms. The topological polar surface area (TPSA) is 117 Å². The van der Waals surface area contributed by atoms with Gasteiger partial charge in [0.15, 0.2) is 6.29 Å². The molecule has 31 heavy (non-hydrogen) atoms. The van der Waals surface area contributed by atoms with Crippen LogP contribution in [0.2, 0.25) is 20.1 Å². The highest BCUT2D eigenvalue weighted by atomic mass is 35.5. The lowest BCUT2D eigenvalue weighted by atomic mass is 9.95. The second-order valence-electron chi connectivity index (χ2n) is 7.26. The molecular weight excluding hydrogens is 496 g/mol. The van der Waals surface area contributed by atoms with Gasteiger partial charge in [-0.25, -0.2) is 0 Å². The zero-order valence-electron chi connectivity index (χ0n) is 16.4. The first-order valence-electron chi connectivity index (χ1n) is 9.65. The van der Waals surface area contributed by atoms with Gasteiger partial charge in [0.25, 0.3) is 11.8 Å². The highest BCUT2D eigenvalue weighted by Gasteiger charge is 2.54. The SMILES string of the molecule is CCCCCO[C@@H]1O[C@H](CO)[C@@H](O)[C@H](O)[C@H]1N1C(=O)c2c(Cl)c(Cl)c(Cl)c(Cl)c2C1=O. The molecule has 2 amide bonds. The smallest absolute Gasteiger partial charge is 0.263 e. The zero-order chi connectivity index (χ0) is 23.0. The highest BCUT2D eigenvalue weighted by molar-refractivity contribution is 6.55. The van der Waals surface area contributed by atoms with Crippen molar-refractivity contribution in [3.05, 3.63) is 31.2 Å². The van der Waals surface area contributed by atoms with E-state index in [-0.39, 0.29) is 37.8 Å². The Hall–Kier alpha value is -0.680. The van der Waals surface area contributed by atoms with Crippen molar-refractivity contribution in [3.63, 3.8) is 0 Å². The van der Waals surface area contributed by atoms with E-state index in [1.54, 1.807) is 0 Å². The summed E-state index contributed by atoms with van der Waals surface area (Å²) >= 11 is 24.4. The van der Waals surface area contributed by atoms with Crippen molar-refractivity contribution < 1.29 is 34.4 Å². The minimum absolute atomic E-state index is 0.191. The first kappa shape index (κ1) is 25.0. The summed E-state index contributed by atoms with van der Waals surface area (Å²) in [5, 5.41) is 29.7. The average molecular weight is 517 g/mol. The summed E-state index contributed by atoms with van der Waals surface area (Å²) < 4.78 is 11.3.